The van der Waals surface area contributed by atoms with Gasteiger partial charge in [0, 0.05) is 18.1 Å². The van der Waals surface area contributed by atoms with Gasteiger partial charge in [-0.2, -0.15) is 9.50 Å². The summed E-state index contributed by atoms with van der Waals surface area (Å²) in [7, 11) is 0. The third kappa shape index (κ3) is 3.19. The minimum absolute atomic E-state index is 0.286. The number of anilines is 1. The number of carbonyl (C=O) groups excluding carboxylic acids is 1. The topological polar surface area (TPSA) is 92.1 Å². The summed E-state index contributed by atoms with van der Waals surface area (Å²) in [5, 5.41) is 7.13. The maximum absolute atomic E-state index is 12.5. The maximum Gasteiger partial charge on any atom is 0.257 e. The van der Waals surface area contributed by atoms with E-state index in [0.29, 0.717) is 23.0 Å². The van der Waals surface area contributed by atoms with Crippen LogP contribution in [0.5, 0.6) is 0 Å². The molecule has 0 aliphatic heterocycles. The highest BCUT2D eigenvalue weighted by molar-refractivity contribution is 6.04. The highest BCUT2D eigenvalue weighted by Gasteiger charge is 2.14. The lowest BCUT2D eigenvalue weighted by Crippen LogP contribution is -2.19. The molecule has 24 heavy (non-hydrogen) atoms. The van der Waals surface area contributed by atoms with Gasteiger partial charge in [-0.3, -0.25) is 14.6 Å². The summed E-state index contributed by atoms with van der Waals surface area (Å²) in [6, 6.07) is 8.58. The SMILES string of the molecule is CCCCc1nc2[nH]c(=O)cc(NC(=O)c3ccccc3C)n2n1. The fourth-order valence-corrected chi connectivity index (χ4v) is 2.48. The first-order chi connectivity index (χ1) is 11.6. The zero-order chi connectivity index (χ0) is 17.1. The first kappa shape index (κ1) is 15.9. The highest BCUT2D eigenvalue weighted by Crippen LogP contribution is 2.12. The lowest BCUT2D eigenvalue weighted by atomic mass is 10.1. The Bertz CT molecular complexity index is 942. The van der Waals surface area contributed by atoms with Crippen LogP contribution in [0, 0.1) is 6.92 Å². The van der Waals surface area contributed by atoms with E-state index in [1.165, 1.54) is 10.6 Å². The quantitative estimate of drug-likeness (QED) is 0.753. The number of fused-ring (bicyclic) bond motifs is 1. The number of nitrogens with zero attached hydrogens (tertiary/aromatic N) is 3. The van der Waals surface area contributed by atoms with E-state index in [4.69, 9.17) is 0 Å². The molecule has 0 fully saturated rings. The molecule has 0 aliphatic rings. The van der Waals surface area contributed by atoms with Crippen LogP contribution in [0.4, 0.5) is 5.82 Å². The van der Waals surface area contributed by atoms with Crippen molar-refractivity contribution in [3.05, 3.63) is 57.6 Å². The molecule has 2 aromatic heterocycles. The third-order valence-corrected chi connectivity index (χ3v) is 3.77. The van der Waals surface area contributed by atoms with Crippen LogP contribution in [-0.4, -0.2) is 25.5 Å². The molecule has 1 amide bonds. The van der Waals surface area contributed by atoms with Gasteiger partial charge in [0.2, 0.25) is 5.78 Å². The lowest BCUT2D eigenvalue weighted by Gasteiger charge is -2.08. The molecule has 0 radical (unpaired) electrons. The molecule has 2 heterocycles. The number of H-pyrrole nitrogens is 1. The van der Waals surface area contributed by atoms with Crippen LogP contribution in [0.15, 0.2) is 35.1 Å². The van der Waals surface area contributed by atoms with Gasteiger partial charge in [0.25, 0.3) is 11.5 Å². The number of benzene rings is 1. The fraction of sp³-hybridized carbons (Fsp3) is 0.294. The molecule has 0 spiro atoms. The fourth-order valence-electron chi connectivity index (χ4n) is 2.48. The molecular weight excluding hydrogens is 306 g/mol. The van der Waals surface area contributed by atoms with Crippen molar-refractivity contribution in [2.75, 3.05) is 5.32 Å². The minimum atomic E-state index is -0.336. The number of rotatable bonds is 5. The van der Waals surface area contributed by atoms with Crippen LogP contribution in [0.2, 0.25) is 0 Å². The molecule has 1 aromatic carbocycles. The molecular formula is C17H19N5O2. The van der Waals surface area contributed by atoms with Crippen molar-refractivity contribution in [1.82, 2.24) is 19.6 Å². The van der Waals surface area contributed by atoms with Gasteiger partial charge in [-0.15, -0.1) is 5.10 Å². The first-order valence-electron chi connectivity index (χ1n) is 7.94. The van der Waals surface area contributed by atoms with Gasteiger partial charge in [-0.05, 0) is 25.0 Å². The second kappa shape index (κ2) is 6.66. The van der Waals surface area contributed by atoms with Crippen molar-refractivity contribution < 1.29 is 4.79 Å². The lowest BCUT2D eigenvalue weighted by molar-refractivity contribution is 0.102. The Morgan fingerprint density at radius 2 is 2.12 bits per heavy atom. The highest BCUT2D eigenvalue weighted by atomic mass is 16.2. The maximum atomic E-state index is 12.5. The molecule has 0 atom stereocenters. The molecule has 0 aliphatic carbocycles. The number of aromatic nitrogens is 4. The van der Waals surface area contributed by atoms with Gasteiger partial charge in [0.1, 0.15) is 5.82 Å². The van der Waals surface area contributed by atoms with Gasteiger partial charge in [-0.1, -0.05) is 31.5 Å². The van der Waals surface area contributed by atoms with Crippen molar-refractivity contribution in [3.8, 4) is 0 Å². The van der Waals surface area contributed by atoms with E-state index in [-0.39, 0.29) is 11.5 Å². The summed E-state index contributed by atoms with van der Waals surface area (Å²) >= 11 is 0. The Labute approximate surface area is 138 Å². The normalized spacial score (nSPS) is 10.9. The summed E-state index contributed by atoms with van der Waals surface area (Å²) in [5.74, 6) is 0.988. The van der Waals surface area contributed by atoms with Crippen molar-refractivity contribution in [1.29, 1.82) is 0 Å². The summed E-state index contributed by atoms with van der Waals surface area (Å²) in [6.45, 7) is 3.95. The molecule has 2 N–H and O–H groups in total. The average molecular weight is 325 g/mol. The molecule has 3 rings (SSSR count). The first-order valence-corrected chi connectivity index (χ1v) is 7.94. The molecule has 7 heteroatoms. The van der Waals surface area contributed by atoms with E-state index < -0.39 is 0 Å². The van der Waals surface area contributed by atoms with Crippen molar-refractivity contribution in [3.63, 3.8) is 0 Å². The number of carbonyl (C=O) groups is 1. The zero-order valence-electron chi connectivity index (χ0n) is 13.7. The van der Waals surface area contributed by atoms with Crippen LogP contribution >= 0.6 is 0 Å². The van der Waals surface area contributed by atoms with Crippen molar-refractivity contribution in [2.45, 2.75) is 33.1 Å². The molecule has 0 unspecified atom stereocenters. The molecule has 7 nitrogen and oxygen atoms in total. The predicted molar refractivity (Wildman–Crippen MR) is 91.4 cm³/mol. The summed E-state index contributed by atoms with van der Waals surface area (Å²) < 4.78 is 1.46. The van der Waals surface area contributed by atoms with E-state index in [1.54, 1.807) is 12.1 Å². The van der Waals surface area contributed by atoms with E-state index in [0.717, 1.165) is 24.8 Å². The number of unbranched alkanes of at least 4 members (excludes halogenated alkanes) is 1. The second-order valence-electron chi connectivity index (χ2n) is 5.65. The number of amides is 1. The predicted octanol–water partition coefficient (Wildman–Crippen LogP) is 2.32. The van der Waals surface area contributed by atoms with E-state index in [2.05, 4.69) is 27.3 Å². The number of hydrogen-bond acceptors (Lipinski definition) is 4. The molecule has 3 aromatic rings. The van der Waals surface area contributed by atoms with Crippen LogP contribution < -0.4 is 10.9 Å². The standard InChI is InChI=1S/C17H19N5O2/c1-3-4-9-13-18-17-20-15(23)10-14(22(17)21-13)19-16(24)12-8-6-5-7-11(12)2/h5-8,10H,3-4,9H2,1-2H3,(H,19,24)(H,18,20,21,23). The van der Waals surface area contributed by atoms with Crippen LogP contribution in [0.3, 0.4) is 0 Å². The van der Waals surface area contributed by atoms with E-state index in [9.17, 15) is 9.59 Å². The van der Waals surface area contributed by atoms with Crippen LogP contribution in [0.1, 0.15) is 41.5 Å². The Balaban J connectivity index is 1.96. The van der Waals surface area contributed by atoms with Crippen molar-refractivity contribution >= 4 is 17.5 Å². The van der Waals surface area contributed by atoms with Gasteiger partial charge in [0.05, 0.1) is 0 Å². The molecule has 0 saturated heterocycles. The number of aryl methyl sites for hydroxylation is 2. The second-order valence-corrected chi connectivity index (χ2v) is 5.65. The number of aromatic amines is 1. The monoisotopic (exact) mass is 325 g/mol. The van der Waals surface area contributed by atoms with Gasteiger partial charge >= 0.3 is 0 Å². The number of hydrogen-bond donors (Lipinski definition) is 2. The van der Waals surface area contributed by atoms with Gasteiger partial charge in [-0.25, -0.2) is 0 Å². The summed E-state index contributed by atoms with van der Waals surface area (Å²) in [5.41, 5.74) is 1.08. The third-order valence-electron chi connectivity index (χ3n) is 3.77. The van der Waals surface area contributed by atoms with Crippen LogP contribution in [-0.2, 0) is 6.42 Å². The Morgan fingerprint density at radius 3 is 2.88 bits per heavy atom. The van der Waals surface area contributed by atoms with E-state index >= 15 is 0 Å². The Kier molecular flexibility index (Phi) is 4.41. The Hall–Kier alpha value is -2.96. The molecule has 0 bridgehead atoms. The van der Waals surface area contributed by atoms with Crippen LogP contribution in [0.25, 0.3) is 5.78 Å². The summed E-state index contributed by atoms with van der Waals surface area (Å²) in [6.07, 6.45) is 2.72. The smallest absolute Gasteiger partial charge is 0.257 e. The average Bonchev–Trinajstić information content (AvgIpc) is 2.96. The zero-order valence-corrected chi connectivity index (χ0v) is 13.7. The molecule has 0 saturated carbocycles. The summed E-state index contributed by atoms with van der Waals surface area (Å²) in [4.78, 5) is 31.3. The van der Waals surface area contributed by atoms with Crippen molar-refractivity contribution in [2.24, 2.45) is 0 Å². The van der Waals surface area contributed by atoms with Gasteiger partial charge < -0.3 is 5.32 Å². The number of nitrogens with one attached hydrogen (secondary N) is 2. The molecule has 124 valence electrons. The van der Waals surface area contributed by atoms with E-state index in [1.807, 2.05) is 19.1 Å². The minimum Gasteiger partial charge on any atom is -0.306 e. The Morgan fingerprint density at radius 1 is 1.33 bits per heavy atom. The largest absolute Gasteiger partial charge is 0.306 e. The van der Waals surface area contributed by atoms with Gasteiger partial charge in [0.15, 0.2) is 5.82 Å².